The number of hydrogen-bond acceptors (Lipinski definition) is 6. The molecule has 1 amide bonds. The zero-order valence-electron chi connectivity index (χ0n) is 20.3. The third-order valence-corrected chi connectivity index (χ3v) is 10.3. The molecule has 0 unspecified atom stereocenters. The Labute approximate surface area is 195 Å². The Morgan fingerprint density at radius 2 is 1.85 bits per heavy atom. The van der Waals surface area contributed by atoms with Crippen molar-refractivity contribution in [2.75, 3.05) is 6.61 Å². The highest BCUT2D eigenvalue weighted by atomic mass is 16.7. The third kappa shape index (κ3) is 2.80. The summed E-state index contributed by atoms with van der Waals surface area (Å²) in [5, 5.41) is 0. The molecule has 1 aliphatic heterocycles. The lowest BCUT2D eigenvalue weighted by molar-refractivity contribution is -0.153. The van der Waals surface area contributed by atoms with Gasteiger partial charge in [0.05, 0.1) is 6.61 Å². The van der Waals surface area contributed by atoms with Crippen molar-refractivity contribution in [2.24, 2.45) is 34.3 Å². The van der Waals surface area contributed by atoms with Gasteiger partial charge in [0.2, 0.25) is 0 Å². The minimum atomic E-state index is -1.64. The topological polar surface area (TPSA) is 108 Å². The van der Waals surface area contributed by atoms with E-state index in [1.807, 2.05) is 0 Å². The van der Waals surface area contributed by atoms with Crippen LogP contribution < -0.4 is 5.73 Å². The van der Waals surface area contributed by atoms with Gasteiger partial charge in [-0.25, -0.2) is 4.79 Å². The Bertz CT molecular complexity index is 930. The van der Waals surface area contributed by atoms with E-state index in [-0.39, 0.29) is 29.5 Å². The highest BCUT2D eigenvalue weighted by Crippen LogP contribution is 2.75. The van der Waals surface area contributed by atoms with E-state index in [0.717, 1.165) is 44.9 Å². The molecule has 4 aliphatic carbocycles. The molecule has 3 saturated carbocycles. The molecule has 2 N–H and O–H groups in total. The number of esters is 2. The van der Waals surface area contributed by atoms with Crippen LogP contribution in [0.2, 0.25) is 0 Å². The van der Waals surface area contributed by atoms with E-state index in [1.165, 1.54) is 12.5 Å². The summed E-state index contributed by atoms with van der Waals surface area (Å²) < 4.78 is 17.0. The first kappa shape index (κ1) is 22.9. The SMILES string of the molecule is CCOC(=O)[C@]1(C(N)=O)O[C@@]12CC[C@@H]1[C@@H]3CC=C4C[C@@H](OC(C)=O)CC[C@]4(C)[C@@H]3CC[C@@]12C. The molecular formula is C26H37NO6. The normalized spacial score (nSPS) is 47.6. The van der Waals surface area contributed by atoms with Gasteiger partial charge in [0.1, 0.15) is 11.7 Å². The average molecular weight is 460 g/mol. The van der Waals surface area contributed by atoms with E-state index in [1.54, 1.807) is 6.92 Å². The molecule has 1 spiro atoms. The number of carbonyl (C=O) groups is 3. The number of rotatable bonds is 4. The van der Waals surface area contributed by atoms with Gasteiger partial charge in [-0.05, 0) is 75.0 Å². The fraction of sp³-hybridized carbons (Fsp3) is 0.808. The van der Waals surface area contributed by atoms with E-state index in [4.69, 9.17) is 19.9 Å². The van der Waals surface area contributed by atoms with Gasteiger partial charge < -0.3 is 19.9 Å². The summed E-state index contributed by atoms with van der Waals surface area (Å²) in [4.78, 5) is 36.9. The number of ether oxygens (including phenoxy) is 3. The van der Waals surface area contributed by atoms with E-state index < -0.39 is 23.1 Å². The van der Waals surface area contributed by atoms with E-state index in [2.05, 4.69) is 19.9 Å². The van der Waals surface area contributed by atoms with Crippen LogP contribution in [0.15, 0.2) is 11.6 Å². The second kappa shape index (κ2) is 7.30. The summed E-state index contributed by atoms with van der Waals surface area (Å²) >= 11 is 0. The maximum atomic E-state index is 12.9. The maximum absolute atomic E-state index is 12.9. The molecule has 5 aliphatic rings. The predicted molar refractivity (Wildman–Crippen MR) is 120 cm³/mol. The molecular weight excluding hydrogens is 422 g/mol. The van der Waals surface area contributed by atoms with Crippen molar-refractivity contribution in [1.82, 2.24) is 0 Å². The zero-order chi connectivity index (χ0) is 23.8. The molecule has 33 heavy (non-hydrogen) atoms. The third-order valence-electron chi connectivity index (χ3n) is 10.3. The first-order valence-electron chi connectivity index (χ1n) is 12.6. The lowest BCUT2D eigenvalue weighted by Crippen LogP contribution is -2.56. The number of fused-ring (bicyclic) bond motifs is 6. The van der Waals surface area contributed by atoms with Crippen molar-refractivity contribution in [3.63, 3.8) is 0 Å². The number of nitrogens with two attached hydrogens (primary N) is 1. The first-order valence-corrected chi connectivity index (χ1v) is 12.6. The molecule has 0 aromatic carbocycles. The van der Waals surface area contributed by atoms with Crippen LogP contribution in [0, 0.1) is 28.6 Å². The number of hydrogen-bond donors (Lipinski definition) is 1. The van der Waals surface area contributed by atoms with Crippen molar-refractivity contribution in [1.29, 1.82) is 0 Å². The Morgan fingerprint density at radius 3 is 2.52 bits per heavy atom. The molecule has 0 aromatic heterocycles. The van der Waals surface area contributed by atoms with Crippen LogP contribution in [0.4, 0.5) is 0 Å². The molecule has 7 nitrogen and oxygen atoms in total. The average Bonchev–Trinajstić information content (AvgIpc) is 3.36. The number of primary amides is 1. The van der Waals surface area contributed by atoms with Crippen LogP contribution >= 0.6 is 0 Å². The summed E-state index contributed by atoms with van der Waals surface area (Å²) in [6.07, 6.45) is 9.68. The van der Waals surface area contributed by atoms with Crippen molar-refractivity contribution >= 4 is 17.8 Å². The van der Waals surface area contributed by atoms with Gasteiger partial charge in [-0.15, -0.1) is 0 Å². The quantitative estimate of drug-likeness (QED) is 0.299. The fourth-order valence-electron chi connectivity index (χ4n) is 8.73. The molecule has 4 fully saturated rings. The fourth-order valence-corrected chi connectivity index (χ4v) is 8.73. The summed E-state index contributed by atoms with van der Waals surface area (Å²) in [6.45, 7) is 8.02. The second-order valence-electron chi connectivity index (χ2n) is 11.4. The smallest absolute Gasteiger partial charge is 0.351 e. The van der Waals surface area contributed by atoms with Crippen LogP contribution in [0.5, 0.6) is 0 Å². The molecule has 0 radical (unpaired) electrons. The Balaban J connectivity index is 1.43. The van der Waals surface area contributed by atoms with Crippen LogP contribution in [0.3, 0.4) is 0 Å². The van der Waals surface area contributed by atoms with Crippen molar-refractivity contribution in [2.45, 2.75) is 96.4 Å². The van der Waals surface area contributed by atoms with Gasteiger partial charge in [0, 0.05) is 18.8 Å². The predicted octanol–water partition coefficient (Wildman–Crippen LogP) is 3.44. The lowest BCUT2D eigenvalue weighted by Gasteiger charge is -2.57. The largest absolute Gasteiger partial charge is 0.463 e. The highest BCUT2D eigenvalue weighted by Gasteiger charge is 2.88. The standard InChI is InChI=1S/C26H37NO6/c1-5-31-22(30)26(21(27)29)25(33-26)13-10-20-18-7-6-16-14-17(32-15(2)28)8-11-23(16,3)19(18)9-12-24(20,25)4/h6,17-20H,5,7-14H2,1-4H3,(H2,27,29)/t17-,18+,19+,20+,23-,24-,25+,26-/m0/s1. The highest BCUT2D eigenvalue weighted by molar-refractivity contribution is 6.10. The second-order valence-corrected chi connectivity index (χ2v) is 11.4. The van der Waals surface area contributed by atoms with E-state index >= 15 is 0 Å². The van der Waals surface area contributed by atoms with E-state index in [9.17, 15) is 14.4 Å². The molecule has 1 heterocycles. The van der Waals surface area contributed by atoms with Gasteiger partial charge in [-0.1, -0.05) is 25.5 Å². The number of amides is 1. The van der Waals surface area contributed by atoms with Crippen molar-refractivity contribution in [3.8, 4) is 0 Å². The van der Waals surface area contributed by atoms with Crippen molar-refractivity contribution in [3.05, 3.63) is 11.6 Å². The van der Waals surface area contributed by atoms with E-state index in [0.29, 0.717) is 24.2 Å². The van der Waals surface area contributed by atoms with Crippen LogP contribution in [-0.4, -0.2) is 41.8 Å². The van der Waals surface area contributed by atoms with Crippen LogP contribution in [0.25, 0.3) is 0 Å². The minimum absolute atomic E-state index is 0.0115. The van der Waals surface area contributed by atoms with Crippen LogP contribution in [0.1, 0.15) is 79.1 Å². The molecule has 8 atom stereocenters. The van der Waals surface area contributed by atoms with Gasteiger partial charge in [-0.2, -0.15) is 0 Å². The first-order chi connectivity index (χ1) is 15.6. The number of allylic oxidation sites excluding steroid dienone is 1. The van der Waals surface area contributed by atoms with Crippen molar-refractivity contribution < 1.29 is 28.6 Å². The minimum Gasteiger partial charge on any atom is -0.463 e. The summed E-state index contributed by atoms with van der Waals surface area (Å²) in [5.41, 5.74) is 4.57. The lowest BCUT2D eigenvalue weighted by atomic mass is 9.47. The number of carbonyl (C=O) groups excluding carboxylic acids is 3. The van der Waals surface area contributed by atoms with Crippen LogP contribution in [-0.2, 0) is 28.6 Å². The molecule has 1 saturated heterocycles. The summed E-state index contributed by atoms with van der Waals surface area (Å²) in [7, 11) is 0. The van der Waals surface area contributed by atoms with Gasteiger partial charge in [0.15, 0.2) is 0 Å². The Kier molecular flexibility index (Phi) is 5.06. The number of epoxide rings is 1. The Hall–Kier alpha value is -1.89. The molecule has 7 heteroatoms. The zero-order valence-corrected chi connectivity index (χ0v) is 20.3. The summed E-state index contributed by atoms with van der Waals surface area (Å²) in [5.74, 6) is -0.138. The molecule has 0 bridgehead atoms. The monoisotopic (exact) mass is 459 g/mol. The van der Waals surface area contributed by atoms with Gasteiger partial charge in [-0.3, -0.25) is 9.59 Å². The van der Waals surface area contributed by atoms with Gasteiger partial charge in [0.25, 0.3) is 11.5 Å². The molecule has 182 valence electrons. The Morgan fingerprint density at radius 1 is 1.12 bits per heavy atom. The molecule has 5 rings (SSSR count). The maximum Gasteiger partial charge on any atom is 0.351 e. The molecule has 0 aromatic rings. The van der Waals surface area contributed by atoms with Gasteiger partial charge >= 0.3 is 11.9 Å². The summed E-state index contributed by atoms with van der Waals surface area (Å²) in [6, 6.07) is 0.